The molecular weight excluding hydrogens is 408 g/mol. The van der Waals surface area contributed by atoms with E-state index in [2.05, 4.69) is 65.5 Å². The lowest BCUT2D eigenvalue weighted by molar-refractivity contribution is -0.0767. The summed E-state index contributed by atoms with van der Waals surface area (Å²) < 4.78 is 0. The van der Waals surface area contributed by atoms with E-state index in [1.807, 2.05) is 0 Å². The minimum Gasteiger partial charge on any atom is -0.124 e. The van der Waals surface area contributed by atoms with Gasteiger partial charge in [0.15, 0.2) is 0 Å². The number of terminal acetylenes is 1. The van der Waals surface area contributed by atoms with E-state index in [1.165, 1.54) is 51.4 Å². The molecule has 204 valence electrons. The molecule has 0 spiro atoms. The normalized spacial score (nSPS) is 37.8. The smallest absolute Gasteiger partial charge is 0.0233 e. The van der Waals surface area contributed by atoms with E-state index in [4.69, 9.17) is 0 Å². The minimum atomic E-state index is 0. The van der Waals surface area contributed by atoms with Crippen LogP contribution in [0, 0.1) is 77.4 Å². The Morgan fingerprint density at radius 2 is 1.47 bits per heavy atom. The summed E-state index contributed by atoms with van der Waals surface area (Å²) in [5.74, 6) is 14.6. The zero-order valence-corrected chi connectivity index (χ0v) is 19.1. The third-order valence-electron chi connectivity index (χ3n) is 9.15. The first-order valence-corrected chi connectivity index (χ1v) is 11.8. The molecule has 4 rings (SSSR count). The second-order valence-corrected chi connectivity index (χ2v) is 10.1. The first kappa shape index (κ1) is 43.0. The maximum Gasteiger partial charge on any atom is 0.0233 e. The lowest BCUT2D eigenvalue weighted by atomic mass is 9.48. The van der Waals surface area contributed by atoms with Gasteiger partial charge >= 0.3 is 0 Å². The van der Waals surface area contributed by atoms with Gasteiger partial charge in [-0.15, -0.1) is 31.9 Å². The molecule has 0 aliphatic heterocycles. The minimum absolute atomic E-state index is 0. The molecular formula is C34H68. The van der Waals surface area contributed by atoms with Crippen LogP contribution >= 0.6 is 0 Å². The molecule has 0 heteroatoms. The highest BCUT2D eigenvalue weighted by Gasteiger charge is 2.58. The SMILES string of the molecule is C.C.C.C.C.C.C#C.C=C.CC#CC1CCC2CC(CC)C3C4C(C)CCCC3(C)CCC1C24. The fourth-order valence-electron chi connectivity index (χ4n) is 8.30. The Hall–Kier alpha value is -1.14. The van der Waals surface area contributed by atoms with E-state index in [9.17, 15) is 0 Å². The third kappa shape index (κ3) is 7.68. The van der Waals surface area contributed by atoms with Crippen LogP contribution in [0.15, 0.2) is 13.2 Å². The monoisotopic (exact) mass is 477 g/mol. The summed E-state index contributed by atoms with van der Waals surface area (Å²) in [7, 11) is 0. The van der Waals surface area contributed by atoms with Crippen molar-refractivity contribution in [1.82, 2.24) is 0 Å². The molecule has 34 heavy (non-hydrogen) atoms. The number of rotatable bonds is 1. The van der Waals surface area contributed by atoms with Gasteiger partial charge < -0.3 is 0 Å². The summed E-state index contributed by atoms with van der Waals surface area (Å²) in [6, 6.07) is 0. The molecule has 4 bridgehead atoms. The summed E-state index contributed by atoms with van der Waals surface area (Å²) >= 11 is 0. The highest BCUT2D eigenvalue weighted by molar-refractivity contribution is 5.13. The van der Waals surface area contributed by atoms with Gasteiger partial charge in [0.05, 0.1) is 0 Å². The largest absolute Gasteiger partial charge is 0.124 e. The lowest BCUT2D eigenvalue weighted by Crippen LogP contribution is -2.50. The molecule has 4 saturated carbocycles. The van der Waals surface area contributed by atoms with E-state index in [-0.39, 0.29) is 44.6 Å². The van der Waals surface area contributed by atoms with Gasteiger partial charge in [-0.3, -0.25) is 0 Å². The molecule has 4 fully saturated rings. The van der Waals surface area contributed by atoms with Gasteiger partial charge in [-0.2, -0.15) is 0 Å². The van der Waals surface area contributed by atoms with Crippen molar-refractivity contribution in [1.29, 1.82) is 0 Å². The van der Waals surface area contributed by atoms with Crippen molar-refractivity contribution in [2.45, 2.75) is 130 Å². The van der Waals surface area contributed by atoms with Crippen LogP contribution in [-0.2, 0) is 0 Å². The van der Waals surface area contributed by atoms with Crippen molar-refractivity contribution >= 4 is 0 Å². The van der Waals surface area contributed by atoms with E-state index >= 15 is 0 Å². The molecule has 0 amide bonds. The number of hydrogen-bond donors (Lipinski definition) is 0. The van der Waals surface area contributed by atoms with Crippen LogP contribution in [0.5, 0.6) is 0 Å². The summed E-state index contributed by atoms with van der Waals surface area (Å²) in [4.78, 5) is 0. The van der Waals surface area contributed by atoms with Crippen LogP contribution in [0.3, 0.4) is 0 Å². The van der Waals surface area contributed by atoms with Crippen molar-refractivity contribution in [2.24, 2.45) is 52.8 Å². The highest BCUT2D eigenvalue weighted by atomic mass is 14.6. The van der Waals surface area contributed by atoms with Gasteiger partial charge in [-0.05, 0) is 92.3 Å². The summed E-state index contributed by atoms with van der Waals surface area (Å²) in [5.41, 5.74) is 0.628. The van der Waals surface area contributed by atoms with Gasteiger partial charge in [-0.1, -0.05) is 90.5 Å². The molecule has 0 heterocycles. The van der Waals surface area contributed by atoms with Crippen LogP contribution in [-0.4, -0.2) is 0 Å². The molecule has 0 saturated heterocycles. The Morgan fingerprint density at radius 3 is 2.00 bits per heavy atom. The maximum atomic E-state index is 4.00. The predicted octanol–water partition coefficient (Wildman–Crippen LogP) is 11.4. The zero-order chi connectivity index (χ0) is 20.9. The summed E-state index contributed by atoms with van der Waals surface area (Å²) in [5, 5.41) is 0. The maximum absolute atomic E-state index is 4.00. The Kier molecular flexibility index (Phi) is 24.1. The van der Waals surface area contributed by atoms with Gasteiger partial charge in [-0.25, -0.2) is 0 Å². The van der Waals surface area contributed by atoms with Crippen LogP contribution < -0.4 is 0 Å². The van der Waals surface area contributed by atoms with Crippen LogP contribution in [0.4, 0.5) is 0 Å². The third-order valence-corrected chi connectivity index (χ3v) is 9.15. The Bertz CT molecular complexity index is 574. The second kappa shape index (κ2) is 19.1. The first-order chi connectivity index (χ1) is 13.6. The van der Waals surface area contributed by atoms with Crippen molar-refractivity contribution < 1.29 is 0 Å². The van der Waals surface area contributed by atoms with Crippen molar-refractivity contribution in [3.8, 4) is 24.7 Å². The molecule has 9 atom stereocenters. The lowest BCUT2D eigenvalue weighted by Gasteiger charge is -2.56. The first-order valence-electron chi connectivity index (χ1n) is 11.8. The van der Waals surface area contributed by atoms with E-state index in [0.717, 1.165) is 41.4 Å². The quantitative estimate of drug-likeness (QED) is 0.261. The summed E-state index contributed by atoms with van der Waals surface area (Å²) in [6.07, 6.45) is 21.3. The van der Waals surface area contributed by atoms with Crippen LogP contribution in [0.25, 0.3) is 0 Å². The Labute approximate surface area is 220 Å². The number of hydrogen-bond acceptors (Lipinski definition) is 0. The van der Waals surface area contributed by atoms with Crippen molar-refractivity contribution in [3.05, 3.63) is 13.2 Å². The topological polar surface area (TPSA) is 0 Å². The van der Waals surface area contributed by atoms with Crippen molar-refractivity contribution in [3.63, 3.8) is 0 Å². The highest BCUT2D eigenvalue weighted by Crippen LogP contribution is 2.66. The molecule has 0 aromatic rings. The molecule has 0 radical (unpaired) electrons. The van der Waals surface area contributed by atoms with Crippen molar-refractivity contribution in [2.75, 3.05) is 0 Å². The fraction of sp³-hybridized carbons (Fsp3) is 0.824. The van der Waals surface area contributed by atoms with Gasteiger partial charge in [0.1, 0.15) is 0 Å². The van der Waals surface area contributed by atoms with Crippen LogP contribution in [0.1, 0.15) is 130 Å². The average molecular weight is 477 g/mol. The van der Waals surface area contributed by atoms with E-state index < -0.39 is 0 Å². The summed E-state index contributed by atoms with van der Waals surface area (Å²) in [6.45, 7) is 15.9. The zero-order valence-electron chi connectivity index (χ0n) is 19.1. The van der Waals surface area contributed by atoms with Crippen LogP contribution in [0.2, 0.25) is 0 Å². The predicted molar refractivity (Wildman–Crippen MR) is 164 cm³/mol. The molecule has 0 N–H and O–H groups in total. The molecule has 4 aliphatic rings. The van der Waals surface area contributed by atoms with Gasteiger partial charge in [0, 0.05) is 5.92 Å². The second-order valence-electron chi connectivity index (χ2n) is 10.1. The Balaban J connectivity index is -0.000000267. The van der Waals surface area contributed by atoms with Gasteiger partial charge in [0.25, 0.3) is 0 Å². The fourth-order valence-corrected chi connectivity index (χ4v) is 8.30. The average Bonchev–Trinajstić information content (AvgIpc) is 2.94. The molecule has 0 nitrogen and oxygen atoms in total. The molecule has 0 aromatic carbocycles. The van der Waals surface area contributed by atoms with E-state index in [1.54, 1.807) is 6.42 Å². The molecule has 4 aliphatic carbocycles. The Morgan fingerprint density at radius 1 is 0.882 bits per heavy atom. The van der Waals surface area contributed by atoms with Gasteiger partial charge in [0.2, 0.25) is 0 Å². The standard InChI is InChI=1S/C24H38.C2H4.C2H2.6CH4/c1-5-8-18-10-11-19-15-17(6-2)23-21-16(3)9-7-13-24(23,4)14-12-20(18)22(19)21;2*1-2;;;;;;/h16-23H,6-7,9-15H2,1-4H3;1-2H2;1-2H;6*1H4. The molecule has 9 unspecified atom stereocenters. The van der Waals surface area contributed by atoms with E-state index in [0.29, 0.717) is 11.3 Å². The molecule has 0 aromatic heterocycles.